The van der Waals surface area contributed by atoms with Crippen molar-refractivity contribution in [3.63, 3.8) is 0 Å². The third kappa shape index (κ3) is 6.16. The van der Waals surface area contributed by atoms with Crippen molar-refractivity contribution in [1.29, 1.82) is 0 Å². The summed E-state index contributed by atoms with van der Waals surface area (Å²) in [5, 5.41) is 3.61. The van der Waals surface area contributed by atoms with Crippen molar-refractivity contribution in [3.05, 3.63) is 0 Å². The molecule has 15 heavy (non-hydrogen) atoms. The Morgan fingerprint density at radius 3 is 2.93 bits per heavy atom. The average molecular weight is 213 g/mol. The highest BCUT2D eigenvalue weighted by Gasteiger charge is 2.14. The largest absolute Gasteiger partial charge is 0.381 e. The normalized spacial score (nSPS) is 23.2. The lowest BCUT2D eigenvalue weighted by Gasteiger charge is -2.15. The lowest BCUT2D eigenvalue weighted by Crippen LogP contribution is -2.28. The quantitative estimate of drug-likeness (QED) is 0.626. The molecule has 1 aliphatic heterocycles. The molecule has 1 heterocycles. The van der Waals surface area contributed by atoms with Crippen LogP contribution < -0.4 is 5.32 Å². The van der Waals surface area contributed by atoms with E-state index in [4.69, 9.17) is 4.74 Å². The summed E-state index contributed by atoms with van der Waals surface area (Å²) in [6.07, 6.45) is 7.96. The molecule has 0 bridgehead atoms. The second-order valence-electron chi connectivity index (χ2n) is 4.87. The zero-order chi connectivity index (χ0) is 10.9. The SMILES string of the molecule is CCCCCC(C)NCCC1CCOC1. The highest BCUT2D eigenvalue weighted by molar-refractivity contribution is 4.67. The zero-order valence-corrected chi connectivity index (χ0v) is 10.4. The molecule has 0 aliphatic carbocycles. The molecular weight excluding hydrogens is 186 g/mol. The lowest BCUT2D eigenvalue weighted by atomic mass is 10.0. The van der Waals surface area contributed by atoms with Crippen molar-refractivity contribution in [3.8, 4) is 0 Å². The van der Waals surface area contributed by atoms with Gasteiger partial charge in [0.05, 0.1) is 0 Å². The minimum Gasteiger partial charge on any atom is -0.381 e. The molecule has 1 N–H and O–H groups in total. The Balaban J connectivity index is 1.89. The van der Waals surface area contributed by atoms with Gasteiger partial charge in [0.1, 0.15) is 0 Å². The maximum absolute atomic E-state index is 5.37. The van der Waals surface area contributed by atoms with Gasteiger partial charge in [-0.2, -0.15) is 0 Å². The van der Waals surface area contributed by atoms with Crippen LogP contribution in [0.2, 0.25) is 0 Å². The summed E-state index contributed by atoms with van der Waals surface area (Å²) in [7, 11) is 0. The van der Waals surface area contributed by atoms with Crippen molar-refractivity contribution in [2.45, 2.75) is 58.4 Å². The Hall–Kier alpha value is -0.0800. The molecular formula is C13H27NO. The van der Waals surface area contributed by atoms with Gasteiger partial charge in [0.2, 0.25) is 0 Å². The molecule has 0 aromatic heterocycles. The van der Waals surface area contributed by atoms with Crippen molar-refractivity contribution in [1.82, 2.24) is 5.32 Å². The van der Waals surface area contributed by atoms with E-state index in [1.165, 1.54) is 45.1 Å². The van der Waals surface area contributed by atoms with Crippen LogP contribution in [0.4, 0.5) is 0 Å². The first-order valence-electron chi connectivity index (χ1n) is 6.64. The van der Waals surface area contributed by atoms with E-state index in [-0.39, 0.29) is 0 Å². The molecule has 1 aliphatic rings. The van der Waals surface area contributed by atoms with E-state index in [2.05, 4.69) is 19.2 Å². The van der Waals surface area contributed by atoms with Crippen LogP contribution in [0.1, 0.15) is 52.4 Å². The smallest absolute Gasteiger partial charge is 0.0495 e. The van der Waals surface area contributed by atoms with Gasteiger partial charge in [-0.05, 0) is 38.6 Å². The highest BCUT2D eigenvalue weighted by Crippen LogP contribution is 2.15. The molecule has 2 unspecified atom stereocenters. The van der Waals surface area contributed by atoms with E-state index in [1.807, 2.05) is 0 Å². The van der Waals surface area contributed by atoms with Gasteiger partial charge in [0.25, 0.3) is 0 Å². The standard InChI is InChI=1S/C13H27NO/c1-3-4-5-6-12(2)14-9-7-13-8-10-15-11-13/h12-14H,3-11H2,1-2H3. The van der Waals surface area contributed by atoms with Crippen LogP contribution in [0.25, 0.3) is 0 Å². The van der Waals surface area contributed by atoms with E-state index in [9.17, 15) is 0 Å². The predicted molar refractivity (Wildman–Crippen MR) is 65.1 cm³/mol. The number of ether oxygens (including phenoxy) is 1. The molecule has 0 aromatic carbocycles. The van der Waals surface area contributed by atoms with Crippen LogP contribution >= 0.6 is 0 Å². The molecule has 0 radical (unpaired) electrons. The van der Waals surface area contributed by atoms with Crippen LogP contribution in [0, 0.1) is 5.92 Å². The van der Waals surface area contributed by atoms with Crippen molar-refractivity contribution in [2.24, 2.45) is 5.92 Å². The average Bonchev–Trinajstić information content (AvgIpc) is 2.71. The van der Waals surface area contributed by atoms with E-state index >= 15 is 0 Å². The van der Waals surface area contributed by atoms with Gasteiger partial charge in [0, 0.05) is 19.3 Å². The van der Waals surface area contributed by atoms with Crippen LogP contribution in [0.15, 0.2) is 0 Å². The number of hydrogen-bond acceptors (Lipinski definition) is 2. The van der Waals surface area contributed by atoms with Gasteiger partial charge < -0.3 is 10.1 Å². The van der Waals surface area contributed by atoms with Gasteiger partial charge in [-0.15, -0.1) is 0 Å². The number of hydrogen-bond donors (Lipinski definition) is 1. The molecule has 0 saturated carbocycles. The predicted octanol–water partition coefficient (Wildman–Crippen LogP) is 2.97. The van der Waals surface area contributed by atoms with Gasteiger partial charge in [-0.1, -0.05) is 26.2 Å². The molecule has 1 fully saturated rings. The third-order valence-electron chi connectivity index (χ3n) is 3.31. The number of unbranched alkanes of at least 4 members (excludes halogenated alkanes) is 2. The summed E-state index contributed by atoms with van der Waals surface area (Å²) in [5.74, 6) is 0.820. The van der Waals surface area contributed by atoms with Gasteiger partial charge in [-0.3, -0.25) is 0 Å². The Labute approximate surface area is 94.8 Å². The fourth-order valence-electron chi connectivity index (χ4n) is 2.15. The van der Waals surface area contributed by atoms with E-state index in [0.717, 1.165) is 19.1 Å². The zero-order valence-electron chi connectivity index (χ0n) is 10.4. The Bertz CT molecular complexity index is 143. The topological polar surface area (TPSA) is 21.3 Å². The van der Waals surface area contributed by atoms with Crippen LogP contribution in [0.3, 0.4) is 0 Å². The summed E-state index contributed by atoms with van der Waals surface area (Å²) in [6.45, 7) is 7.71. The minimum absolute atomic E-state index is 0.693. The van der Waals surface area contributed by atoms with E-state index < -0.39 is 0 Å². The first-order valence-corrected chi connectivity index (χ1v) is 6.64. The third-order valence-corrected chi connectivity index (χ3v) is 3.31. The Morgan fingerprint density at radius 2 is 2.27 bits per heavy atom. The molecule has 1 rings (SSSR count). The summed E-state index contributed by atoms with van der Waals surface area (Å²) in [4.78, 5) is 0. The minimum atomic E-state index is 0.693. The van der Waals surface area contributed by atoms with Crippen LogP contribution in [-0.4, -0.2) is 25.8 Å². The number of rotatable bonds is 8. The second kappa shape index (κ2) is 8.12. The molecule has 2 heteroatoms. The van der Waals surface area contributed by atoms with Crippen molar-refractivity contribution >= 4 is 0 Å². The summed E-state index contributed by atoms with van der Waals surface area (Å²) < 4.78 is 5.37. The summed E-state index contributed by atoms with van der Waals surface area (Å²) in [5.41, 5.74) is 0. The van der Waals surface area contributed by atoms with Crippen molar-refractivity contribution in [2.75, 3.05) is 19.8 Å². The Kier molecular flexibility index (Phi) is 7.03. The fourth-order valence-corrected chi connectivity index (χ4v) is 2.15. The molecule has 90 valence electrons. The first-order chi connectivity index (χ1) is 7.33. The maximum atomic E-state index is 5.37. The van der Waals surface area contributed by atoms with Crippen LogP contribution in [0.5, 0.6) is 0 Å². The lowest BCUT2D eigenvalue weighted by molar-refractivity contribution is 0.184. The summed E-state index contributed by atoms with van der Waals surface area (Å²) >= 11 is 0. The van der Waals surface area contributed by atoms with Crippen molar-refractivity contribution < 1.29 is 4.74 Å². The first kappa shape index (κ1) is 13.0. The Morgan fingerprint density at radius 1 is 1.40 bits per heavy atom. The monoisotopic (exact) mass is 213 g/mol. The maximum Gasteiger partial charge on any atom is 0.0495 e. The molecule has 0 aromatic rings. The van der Waals surface area contributed by atoms with Gasteiger partial charge >= 0.3 is 0 Å². The molecule has 1 saturated heterocycles. The van der Waals surface area contributed by atoms with E-state index in [0.29, 0.717) is 6.04 Å². The van der Waals surface area contributed by atoms with Gasteiger partial charge in [-0.25, -0.2) is 0 Å². The summed E-state index contributed by atoms with van der Waals surface area (Å²) in [6, 6.07) is 0.693. The fraction of sp³-hybridized carbons (Fsp3) is 1.00. The molecule has 0 amide bonds. The van der Waals surface area contributed by atoms with E-state index in [1.54, 1.807) is 0 Å². The molecule has 2 nitrogen and oxygen atoms in total. The molecule has 2 atom stereocenters. The number of nitrogens with one attached hydrogen (secondary N) is 1. The molecule has 0 spiro atoms. The second-order valence-corrected chi connectivity index (χ2v) is 4.87. The highest BCUT2D eigenvalue weighted by atomic mass is 16.5. The van der Waals surface area contributed by atoms with Gasteiger partial charge in [0.15, 0.2) is 0 Å². The van der Waals surface area contributed by atoms with Crippen LogP contribution in [-0.2, 0) is 4.74 Å².